The Balaban J connectivity index is 2.30. The van der Waals surface area contributed by atoms with Crippen molar-refractivity contribution < 1.29 is 4.79 Å². The normalized spacial score (nSPS) is 19.8. The van der Waals surface area contributed by atoms with Crippen molar-refractivity contribution in [3.63, 3.8) is 0 Å². The number of aromatic nitrogens is 1. The predicted molar refractivity (Wildman–Crippen MR) is 58.6 cm³/mol. The molecule has 0 aliphatic carbocycles. The molecule has 1 saturated heterocycles. The molecule has 0 spiro atoms. The molecule has 0 aromatic carbocycles. The number of carbonyl (C=O) groups excluding carboxylic acids is 1. The predicted octanol–water partition coefficient (Wildman–Crippen LogP) is 0.381. The number of nitrogens with two attached hydrogens (primary N) is 2. The van der Waals surface area contributed by atoms with E-state index in [4.69, 9.17) is 23.1 Å². The van der Waals surface area contributed by atoms with Crippen LogP contribution in [0.1, 0.15) is 6.42 Å². The molecule has 80 valence electrons. The van der Waals surface area contributed by atoms with Gasteiger partial charge < -0.3 is 16.4 Å². The Labute approximate surface area is 92.0 Å². The van der Waals surface area contributed by atoms with Crippen molar-refractivity contribution in [3.8, 4) is 0 Å². The molecule has 1 aromatic rings. The van der Waals surface area contributed by atoms with Gasteiger partial charge in [-0.3, -0.25) is 4.79 Å². The van der Waals surface area contributed by atoms with Gasteiger partial charge in [-0.25, -0.2) is 4.98 Å². The summed E-state index contributed by atoms with van der Waals surface area (Å²) in [6, 6.07) is 2.97. The van der Waals surface area contributed by atoms with E-state index in [9.17, 15) is 4.79 Å². The highest BCUT2D eigenvalue weighted by Gasteiger charge is 2.34. The summed E-state index contributed by atoms with van der Waals surface area (Å²) in [7, 11) is 0. The minimum Gasteiger partial charge on any atom is -0.396 e. The first kappa shape index (κ1) is 10.0. The largest absolute Gasteiger partial charge is 0.396 e. The Morgan fingerprint density at radius 1 is 1.60 bits per heavy atom. The lowest BCUT2D eigenvalue weighted by Crippen LogP contribution is -2.55. The second-order valence-corrected chi connectivity index (χ2v) is 3.83. The Morgan fingerprint density at radius 2 is 2.33 bits per heavy atom. The molecule has 1 unspecified atom stereocenters. The third-order valence-corrected chi connectivity index (χ3v) is 2.70. The number of hydrogen-bond acceptors (Lipinski definition) is 4. The fraction of sp³-hybridized carbons (Fsp3) is 0.333. The van der Waals surface area contributed by atoms with Gasteiger partial charge in [0.1, 0.15) is 11.2 Å². The molecule has 6 heteroatoms. The number of rotatable bonds is 2. The van der Waals surface area contributed by atoms with Crippen LogP contribution in [0.2, 0.25) is 5.15 Å². The van der Waals surface area contributed by atoms with Crippen LogP contribution >= 0.6 is 11.6 Å². The lowest BCUT2D eigenvalue weighted by Gasteiger charge is -2.40. The maximum atomic E-state index is 11.0. The highest BCUT2D eigenvalue weighted by atomic mass is 35.5. The zero-order valence-electron chi connectivity index (χ0n) is 7.98. The molecule has 1 aliphatic rings. The van der Waals surface area contributed by atoms with Crippen molar-refractivity contribution in [1.82, 2.24) is 4.98 Å². The third-order valence-electron chi connectivity index (χ3n) is 2.49. The summed E-state index contributed by atoms with van der Waals surface area (Å²) in [6.07, 6.45) is 0.739. The average Bonchev–Trinajstić information content (AvgIpc) is 2.08. The van der Waals surface area contributed by atoms with Crippen LogP contribution in [0.25, 0.3) is 0 Å². The first-order valence-electron chi connectivity index (χ1n) is 4.57. The minimum absolute atomic E-state index is 0.307. The molecule has 2 rings (SSSR count). The van der Waals surface area contributed by atoms with E-state index in [0.717, 1.165) is 13.0 Å². The molecule has 1 aliphatic heterocycles. The van der Waals surface area contributed by atoms with Crippen LogP contribution in [-0.4, -0.2) is 23.5 Å². The van der Waals surface area contributed by atoms with E-state index in [2.05, 4.69) is 4.98 Å². The van der Waals surface area contributed by atoms with E-state index in [1.807, 2.05) is 0 Å². The molecule has 15 heavy (non-hydrogen) atoms. The first-order valence-corrected chi connectivity index (χ1v) is 4.95. The van der Waals surface area contributed by atoms with E-state index in [1.165, 1.54) is 0 Å². The van der Waals surface area contributed by atoms with Crippen molar-refractivity contribution in [2.24, 2.45) is 5.73 Å². The second kappa shape index (κ2) is 3.58. The maximum Gasteiger partial charge on any atom is 0.240 e. The van der Waals surface area contributed by atoms with Crippen molar-refractivity contribution in [2.75, 3.05) is 17.2 Å². The SMILES string of the molecule is NC(=O)C1CCN1c1nc(Cl)ccc1N. The fourth-order valence-electron chi connectivity index (χ4n) is 1.60. The topological polar surface area (TPSA) is 85.2 Å². The zero-order chi connectivity index (χ0) is 11.0. The Kier molecular flexibility index (Phi) is 2.40. The second-order valence-electron chi connectivity index (χ2n) is 3.45. The number of pyridine rings is 1. The number of amides is 1. The molecule has 0 saturated carbocycles. The van der Waals surface area contributed by atoms with E-state index in [-0.39, 0.29) is 11.9 Å². The van der Waals surface area contributed by atoms with Gasteiger partial charge in [0, 0.05) is 6.54 Å². The van der Waals surface area contributed by atoms with Crippen LogP contribution in [0.5, 0.6) is 0 Å². The Morgan fingerprint density at radius 3 is 2.87 bits per heavy atom. The van der Waals surface area contributed by atoms with Crippen molar-refractivity contribution in [2.45, 2.75) is 12.5 Å². The van der Waals surface area contributed by atoms with Crippen LogP contribution in [0.4, 0.5) is 11.5 Å². The molecule has 1 atom stereocenters. The lowest BCUT2D eigenvalue weighted by atomic mass is 10.0. The molecule has 4 N–H and O–H groups in total. The van der Waals surface area contributed by atoms with Gasteiger partial charge >= 0.3 is 0 Å². The number of hydrogen-bond donors (Lipinski definition) is 2. The van der Waals surface area contributed by atoms with Gasteiger partial charge in [-0.05, 0) is 18.6 Å². The van der Waals surface area contributed by atoms with E-state index >= 15 is 0 Å². The summed E-state index contributed by atoms with van der Waals surface area (Å²) in [5, 5.41) is 0.356. The quantitative estimate of drug-likeness (QED) is 0.714. The van der Waals surface area contributed by atoms with Gasteiger partial charge in [-0.2, -0.15) is 0 Å². The third kappa shape index (κ3) is 1.70. The number of anilines is 2. The van der Waals surface area contributed by atoms with Crippen LogP contribution in [0, 0.1) is 0 Å². The lowest BCUT2D eigenvalue weighted by molar-refractivity contribution is -0.120. The van der Waals surface area contributed by atoms with E-state index < -0.39 is 0 Å². The summed E-state index contributed by atoms with van der Waals surface area (Å²) in [4.78, 5) is 16.9. The molecule has 2 heterocycles. The molecule has 1 fully saturated rings. The number of nitrogen functional groups attached to an aromatic ring is 1. The number of halogens is 1. The van der Waals surface area contributed by atoms with Crippen molar-refractivity contribution >= 4 is 29.0 Å². The first-order chi connectivity index (χ1) is 7.09. The molecule has 0 bridgehead atoms. The summed E-state index contributed by atoms with van der Waals surface area (Å²) in [5.41, 5.74) is 11.5. The van der Waals surface area contributed by atoms with E-state index in [0.29, 0.717) is 16.7 Å². The maximum absolute atomic E-state index is 11.0. The molecule has 1 amide bonds. The smallest absolute Gasteiger partial charge is 0.240 e. The molecular weight excluding hydrogens is 216 g/mol. The summed E-state index contributed by atoms with van der Waals surface area (Å²) in [6.45, 7) is 0.727. The highest BCUT2D eigenvalue weighted by Crippen LogP contribution is 2.30. The summed E-state index contributed by atoms with van der Waals surface area (Å²) in [5.74, 6) is 0.181. The van der Waals surface area contributed by atoms with Crippen LogP contribution < -0.4 is 16.4 Å². The monoisotopic (exact) mass is 226 g/mol. The number of carbonyl (C=O) groups is 1. The summed E-state index contributed by atoms with van der Waals surface area (Å²) >= 11 is 5.76. The molecule has 1 aromatic heterocycles. The van der Waals surface area contributed by atoms with Gasteiger partial charge in [-0.15, -0.1) is 0 Å². The van der Waals surface area contributed by atoms with Crippen LogP contribution in [-0.2, 0) is 4.79 Å². The Bertz CT molecular complexity index is 409. The molecular formula is C9H11ClN4O. The molecule has 5 nitrogen and oxygen atoms in total. The molecule has 0 radical (unpaired) electrons. The van der Waals surface area contributed by atoms with Gasteiger partial charge in [0.05, 0.1) is 5.69 Å². The zero-order valence-corrected chi connectivity index (χ0v) is 8.74. The van der Waals surface area contributed by atoms with Crippen molar-refractivity contribution in [3.05, 3.63) is 17.3 Å². The van der Waals surface area contributed by atoms with Gasteiger partial charge in [0.25, 0.3) is 0 Å². The van der Waals surface area contributed by atoms with Gasteiger partial charge in [0.15, 0.2) is 5.82 Å². The summed E-state index contributed by atoms with van der Waals surface area (Å²) < 4.78 is 0. The van der Waals surface area contributed by atoms with Gasteiger partial charge in [0.2, 0.25) is 5.91 Å². The van der Waals surface area contributed by atoms with Crippen LogP contribution in [0.15, 0.2) is 12.1 Å². The minimum atomic E-state index is -0.359. The number of primary amides is 1. The Hall–Kier alpha value is -1.49. The van der Waals surface area contributed by atoms with Crippen LogP contribution in [0.3, 0.4) is 0 Å². The number of nitrogens with zero attached hydrogens (tertiary/aromatic N) is 2. The van der Waals surface area contributed by atoms with Gasteiger partial charge in [-0.1, -0.05) is 11.6 Å². The fourth-order valence-corrected chi connectivity index (χ4v) is 1.75. The van der Waals surface area contributed by atoms with Crippen molar-refractivity contribution in [1.29, 1.82) is 0 Å². The van der Waals surface area contributed by atoms with E-state index in [1.54, 1.807) is 17.0 Å². The standard InChI is InChI=1S/C9H11ClN4O/c10-7-2-1-5(11)9(13-7)14-4-3-6(14)8(12)15/h1-2,6H,3-4,11H2,(H2,12,15). The highest BCUT2D eigenvalue weighted by molar-refractivity contribution is 6.29. The average molecular weight is 227 g/mol.